The van der Waals surface area contributed by atoms with Gasteiger partial charge in [0.25, 0.3) is 0 Å². The molecule has 204 valence electrons. The Morgan fingerprint density at radius 3 is 2.49 bits per heavy atom. The number of hydrogen-bond acceptors (Lipinski definition) is 5. The monoisotopic (exact) mass is 511 g/mol. The van der Waals surface area contributed by atoms with E-state index in [4.69, 9.17) is 5.73 Å². The second-order valence-corrected chi connectivity index (χ2v) is 10.2. The van der Waals surface area contributed by atoms with E-state index in [0.29, 0.717) is 17.5 Å². The summed E-state index contributed by atoms with van der Waals surface area (Å²) in [5, 5.41) is 6.63. The zero-order valence-electron chi connectivity index (χ0n) is 23.3. The SMILES string of the molecule is CC.CCC(C)(C)C(NC(=O)CNC)C(=O)N1CC[C@H]2CCC[C@H]21.NC(=O)c1ccnc2ccccc12. The molecule has 8 heteroatoms. The Balaban J connectivity index is 0.000000272. The summed E-state index contributed by atoms with van der Waals surface area (Å²) in [6.45, 7) is 11.3. The number of fused-ring (bicyclic) bond motifs is 2. The molecule has 0 spiro atoms. The van der Waals surface area contributed by atoms with Crippen LogP contribution in [-0.2, 0) is 9.59 Å². The molecule has 1 aromatic carbocycles. The van der Waals surface area contributed by atoms with Gasteiger partial charge in [0.15, 0.2) is 0 Å². The van der Waals surface area contributed by atoms with Crippen LogP contribution < -0.4 is 16.4 Å². The molecule has 1 aliphatic heterocycles. The second kappa shape index (κ2) is 14.1. The number of amides is 3. The Kier molecular flexibility index (Phi) is 11.5. The summed E-state index contributed by atoms with van der Waals surface area (Å²) in [5.74, 6) is 0.274. The minimum absolute atomic E-state index is 0.107. The molecule has 2 heterocycles. The third-order valence-corrected chi connectivity index (χ3v) is 7.54. The maximum Gasteiger partial charge on any atom is 0.249 e. The molecular formula is C29H45N5O3. The van der Waals surface area contributed by atoms with E-state index in [1.165, 1.54) is 12.8 Å². The number of carbonyl (C=O) groups is 3. The van der Waals surface area contributed by atoms with E-state index >= 15 is 0 Å². The summed E-state index contributed by atoms with van der Waals surface area (Å²) in [4.78, 5) is 42.3. The van der Waals surface area contributed by atoms with E-state index in [-0.39, 0.29) is 23.8 Å². The number of nitrogens with zero attached hydrogens (tertiary/aromatic N) is 2. The first-order chi connectivity index (χ1) is 17.7. The van der Waals surface area contributed by atoms with Crippen LogP contribution in [0.2, 0.25) is 0 Å². The average Bonchev–Trinajstić information content (AvgIpc) is 3.52. The smallest absolute Gasteiger partial charge is 0.249 e. The van der Waals surface area contributed by atoms with Gasteiger partial charge >= 0.3 is 0 Å². The first-order valence-electron chi connectivity index (χ1n) is 13.6. The highest BCUT2D eigenvalue weighted by molar-refractivity contribution is 6.05. The normalized spacial score (nSPS) is 19.1. The number of benzene rings is 1. The average molecular weight is 512 g/mol. The largest absolute Gasteiger partial charge is 0.366 e. The van der Waals surface area contributed by atoms with Gasteiger partial charge in [0.1, 0.15) is 6.04 Å². The number of aromatic nitrogens is 1. The number of para-hydroxylation sites is 1. The van der Waals surface area contributed by atoms with Crippen LogP contribution in [0.3, 0.4) is 0 Å². The van der Waals surface area contributed by atoms with Crippen LogP contribution in [0.4, 0.5) is 0 Å². The summed E-state index contributed by atoms with van der Waals surface area (Å²) in [6, 6.07) is 9.02. The van der Waals surface area contributed by atoms with E-state index in [9.17, 15) is 14.4 Å². The van der Waals surface area contributed by atoms with Crippen LogP contribution in [0.5, 0.6) is 0 Å². The van der Waals surface area contributed by atoms with Crippen LogP contribution in [0.15, 0.2) is 36.5 Å². The Labute approximate surface area is 221 Å². The first-order valence-corrected chi connectivity index (χ1v) is 13.6. The van der Waals surface area contributed by atoms with Gasteiger partial charge in [0, 0.05) is 24.2 Å². The molecule has 1 saturated carbocycles. The van der Waals surface area contributed by atoms with Gasteiger partial charge in [-0.1, -0.05) is 59.2 Å². The van der Waals surface area contributed by atoms with E-state index in [2.05, 4.69) is 41.3 Å². The molecule has 2 aliphatic rings. The number of rotatable bonds is 7. The third-order valence-electron chi connectivity index (χ3n) is 7.54. The Hall–Kier alpha value is -3.00. The van der Waals surface area contributed by atoms with E-state index in [1.54, 1.807) is 19.3 Å². The van der Waals surface area contributed by atoms with Crippen molar-refractivity contribution in [3.8, 4) is 0 Å². The highest BCUT2D eigenvalue weighted by Gasteiger charge is 2.45. The number of likely N-dealkylation sites (N-methyl/N-ethyl adjacent to an activating group) is 1. The maximum atomic E-state index is 13.1. The molecule has 0 radical (unpaired) electrons. The van der Waals surface area contributed by atoms with E-state index in [1.807, 2.05) is 38.1 Å². The molecule has 3 amide bonds. The van der Waals surface area contributed by atoms with Crippen molar-refractivity contribution in [1.29, 1.82) is 0 Å². The lowest BCUT2D eigenvalue weighted by atomic mass is 9.80. The van der Waals surface area contributed by atoms with Gasteiger partial charge in [-0.25, -0.2) is 0 Å². The predicted octanol–water partition coefficient (Wildman–Crippen LogP) is 3.89. The number of hydrogen-bond donors (Lipinski definition) is 3. The predicted molar refractivity (Wildman–Crippen MR) is 149 cm³/mol. The van der Waals surface area contributed by atoms with Gasteiger partial charge in [0.05, 0.1) is 17.6 Å². The van der Waals surface area contributed by atoms with Crippen LogP contribution >= 0.6 is 0 Å². The molecular weight excluding hydrogens is 466 g/mol. The number of nitrogens with one attached hydrogen (secondary N) is 2. The molecule has 1 aromatic heterocycles. The molecule has 1 unspecified atom stereocenters. The lowest BCUT2D eigenvalue weighted by molar-refractivity contribution is -0.140. The fourth-order valence-electron chi connectivity index (χ4n) is 5.15. The van der Waals surface area contributed by atoms with Crippen molar-refractivity contribution in [2.75, 3.05) is 20.1 Å². The van der Waals surface area contributed by atoms with Crippen molar-refractivity contribution in [3.63, 3.8) is 0 Å². The first kappa shape index (κ1) is 30.2. The zero-order valence-corrected chi connectivity index (χ0v) is 23.3. The summed E-state index contributed by atoms with van der Waals surface area (Å²) in [7, 11) is 1.74. The zero-order chi connectivity index (χ0) is 27.6. The molecule has 4 N–H and O–H groups in total. The van der Waals surface area contributed by atoms with Crippen LogP contribution in [0.1, 0.15) is 77.1 Å². The summed E-state index contributed by atoms with van der Waals surface area (Å²) >= 11 is 0. The topological polar surface area (TPSA) is 117 Å². The molecule has 1 saturated heterocycles. The van der Waals surface area contributed by atoms with Gasteiger partial charge in [-0.2, -0.15) is 0 Å². The fourth-order valence-corrected chi connectivity index (χ4v) is 5.15. The molecule has 2 fully saturated rings. The lowest BCUT2D eigenvalue weighted by Gasteiger charge is -2.37. The van der Waals surface area contributed by atoms with Gasteiger partial charge in [-0.3, -0.25) is 19.4 Å². The highest BCUT2D eigenvalue weighted by atomic mass is 16.2. The van der Waals surface area contributed by atoms with Crippen molar-refractivity contribution in [2.24, 2.45) is 17.1 Å². The fraction of sp³-hybridized carbons (Fsp3) is 0.586. The number of likely N-dealkylation sites (tertiary alicyclic amines) is 1. The van der Waals surface area contributed by atoms with Crippen LogP contribution in [-0.4, -0.2) is 59.8 Å². The third kappa shape index (κ3) is 7.51. The van der Waals surface area contributed by atoms with Crippen LogP contribution in [0.25, 0.3) is 10.9 Å². The van der Waals surface area contributed by atoms with Crippen molar-refractivity contribution in [3.05, 3.63) is 42.1 Å². The standard InChI is InChI=1S/C17H31N3O2.C10H8N2O.C2H6/c1-5-17(2,3)15(19-14(21)11-18-4)16(22)20-10-9-12-7-6-8-13(12)20;11-10(13)8-5-6-12-9-4-2-1-3-7(8)9;1-2/h12-13,15,18H,5-11H2,1-4H3,(H,19,21);1-6H,(H2,11,13);1-2H3/t12-,13-,15?;;/m1../s1. The summed E-state index contributed by atoms with van der Waals surface area (Å²) in [6.07, 6.45) is 7.17. The number of carbonyl (C=O) groups excluding carboxylic acids is 3. The number of primary amides is 1. The van der Waals surface area contributed by atoms with Gasteiger partial charge < -0.3 is 21.3 Å². The van der Waals surface area contributed by atoms with Gasteiger partial charge in [-0.05, 0) is 56.2 Å². The van der Waals surface area contributed by atoms with Crippen molar-refractivity contribution in [1.82, 2.24) is 20.5 Å². The van der Waals surface area contributed by atoms with Gasteiger partial charge in [-0.15, -0.1) is 0 Å². The Bertz CT molecular complexity index is 1050. The molecule has 37 heavy (non-hydrogen) atoms. The Morgan fingerprint density at radius 2 is 1.84 bits per heavy atom. The quantitative estimate of drug-likeness (QED) is 0.521. The minimum atomic E-state index is -0.433. The van der Waals surface area contributed by atoms with Crippen molar-refractivity contribution >= 4 is 28.6 Å². The van der Waals surface area contributed by atoms with Gasteiger partial charge in [0.2, 0.25) is 17.7 Å². The van der Waals surface area contributed by atoms with Crippen molar-refractivity contribution < 1.29 is 14.4 Å². The Morgan fingerprint density at radius 1 is 1.14 bits per heavy atom. The van der Waals surface area contributed by atoms with Crippen molar-refractivity contribution in [2.45, 2.75) is 78.8 Å². The van der Waals surface area contributed by atoms with E-state index in [0.717, 1.165) is 36.7 Å². The molecule has 8 nitrogen and oxygen atoms in total. The molecule has 3 atom stereocenters. The molecule has 1 aliphatic carbocycles. The highest BCUT2D eigenvalue weighted by Crippen LogP contribution is 2.39. The maximum absolute atomic E-state index is 13.1. The molecule has 2 aromatic rings. The minimum Gasteiger partial charge on any atom is -0.366 e. The summed E-state index contributed by atoms with van der Waals surface area (Å²) < 4.78 is 0. The molecule has 0 bridgehead atoms. The number of nitrogens with two attached hydrogens (primary N) is 1. The van der Waals surface area contributed by atoms with E-state index < -0.39 is 11.9 Å². The second-order valence-electron chi connectivity index (χ2n) is 10.2. The molecule has 4 rings (SSSR count). The van der Waals surface area contributed by atoms with Crippen LogP contribution in [0, 0.1) is 11.3 Å². The summed E-state index contributed by atoms with van der Waals surface area (Å²) in [5.41, 5.74) is 6.28. The lowest BCUT2D eigenvalue weighted by Crippen LogP contribution is -2.57. The number of pyridine rings is 1.